The van der Waals surface area contributed by atoms with Crippen LogP contribution in [0.1, 0.15) is 6.92 Å². The zero-order valence-electron chi connectivity index (χ0n) is 5.26. The molecule has 0 bridgehead atoms. The number of hydrogen-bond donors (Lipinski definition) is 2. The number of carbonyl (C=O) groups is 1. The summed E-state index contributed by atoms with van der Waals surface area (Å²) in [6.45, 7) is 2.08. The molecular formula is C5H10NO2S+. The van der Waals surface area contributed by atoms with Gasteiger partial charge in [-0.25, -0.2) is 4.79 Å². The van der Waals surface area contributed by atoms with Crippen LogP contribution in [0.3, 0.4) is 0 Å². The highest BCUT2D eigenvalue weighted by Crippen LogP contribution is 1.80. The van der Waals surface area contributed by atoms with Crippen molar-refractivity contribution in [3.8, 4) is 0 Å². The standard InChI is InChI=1S/C5H9NO2S/c1-2-8-5(7)4(6)3-9/h6,9H,2-3H2,1H3/p+1. The van der Waals surface area contributed by atoms with Crippen LogP contribution in [-0.4, -0.2) is 24.0 Å². The minimum atomic E-state index is -0.465. The lowest BCUT2D eigenvalue weighted by atomic mass is 10.4. The van der Waals surface area contributed by atoms with Crippen molar-refractivity contribution >= 4 is 24.3 Å². The Labute approximate surface area is 59.3 Å². The summed E-state index contributed by atoms with van der Waals surface area (Å²) in [4.78, 5) is 10.5. The summed E-state index contributed by atoms with van der Waals surface area (Å²) in [5.74, 6) is -0.216. The predicted molar refractivity (Wildman–Crippen MR) is 37.4 cm³/mol. The summed E-state index contributed by atoms with van der Waals surface area (Å²) < 4.78 is 4.54. The maximum Gasteiger partial charge on any atom is 0.399 e. The number of thiol groups is 1. The normalized spacial score (nSPS) is 8.67. The molecule has 0 aliphatic heterocycles. The molecule has 0 saturated heterocycles. The van der Waals surface area contributed by atoms with Gasteiger partial charge in [-0.05, 0) is 6.92 Å². The van der Waals surface area contributed by atoms with E-state index in [0.717, 1.165) is 0 Å². The summed E-state index contributed by atoms with van der Waals surface area (Å²) in [5.41, 5.74) is 0.153. The van der Waals surface area contributed by atoms with E-state index in [1.807, 2.05) is 0 Å². The Morgan fingerprint density at radius 2 is 2.33 bits per heavy atom. The number of ether oxygens (including phenoxy) is 1. The van der Waals surface area contributed by atoms with Gasteiger partial charge in [-0.1, -0.05) is 0 Å². The van der Waals surface area contributed by atoms with Crippen LogP contribution in [0.4, 0.5) is 0 Å². The van der Waals surface area contributed by atoms with Gasteiger partial charge in [0.15, 0.2) is 0 Å². The third kappa shape index (κ3) is 3.13. The van der Waals surface area contributed by atoms with E-state index in [9.17, 15) is 4.79 Å². The molecule has 0 unspecified atom stereocenters. The second kappa shape index (κ2) is 4.38. The average Bonchev–Trinajstić information content (AvgIpc) is 1.87. The molecule has 9 heavy (non-hydrogen) atoms. The molecular weight excluding hydrogens is 138 g/mol. The van der Waals surface area contributed by atoms with E-state index in [2.05, 4.69) is 17.4 Å². The first-order chi connectivity index (χ1) is 4.22. The van der Waals surface area contributed by atoms with Crippen molar-refractivity contribution in [3.05, 3.63) is 0 Å². The lowest BCUT2D eigenvalue weighted by Crippen LogP contribution is -2.46. The molecule has 0 aromatic rings. The smallest absolute Gasteiger partial charge is 0.399 e. The van der Waals surface area contributed by atoms with Crippen molar-refractivity contribution in [1.82, 2.24) is 0 Å². The largest absolute Gasteiger partial charge is 0.458 e. The fourth-order valence-electron chi connectivity index (χ4n) is 0.288. The molecule has 0 amide bonds. The van der Waals surface area contributed by atoms with Crippen molar-refractivity contribution in [2.45, 2.75) is 6.92 Å². The molecule has 0 radical (unpaired) electrons. The zero-order chi connectivity index (χ0) is 7.28. The molecule has 0 aliphatic carbocycles. The second-order valence-electron chi connectivity index (χ2n) is 1.40. The third-order valence-electron chi connectivity index (χ3n) is 0.708. The Morgan fingerprint density at radius 3 is 2.67 bits per heavy atom. The van der Waals surface area contributed by atoms with Gasteiger partial charge in [0.25, 0.3) is 5.71 Å². The minimum Gasteiger partial charge on any atom is -0.458 e. The Bertz CT molecular complexity index is 124. The maximum absolute atomic E-state index is 10.5. The number of carbonyl (C=O) groups excluding carboxylic acids is 1. The summed E-state index contributed by atoms with van der Waals surface area (Å²) in [6, 6.07) is 0. The van der Waals surface area contributed by atoms with Gasteiger partial charge in [0, 0.05) is 0 Å². The van der Waals surface area contributed by atoms with Crippen molar-refractivity contribution in [1.29, 1.82) is 0 Å². The predicted octanol–water partition coefficient (Wildman–Crippen LogP) is -1.32. The van der Waals surface area contributed by atoms with Gasteiger partial charge in [-0.15, -0.1) is 0 Å². The number of hydrogen-bond acceptors (Lipinski definition) is 3. The molecule has 0 aromatic carbocycles. The molecule has 0 spiro atoms. The Hall–Kier alpha value is -0.510. The Balaban J connectivity index is 3.60. The highest BCUT2D eigenvalue weighted by atomic mass is 32.1. The van der Waals surface area contributed by atoms with Gasteiger partial charge >= 0.3 is 5.97 Å². The summed E-state index contributed by atoms with van der Waals surface area (Å²) >= 11 is 3.78. The van der Waals surface area contributed by atoms with Crippen LogP contribution in [0.25, 0.3) is 0 Å². The van der Waals surface area contributed by atoms with E-state index < -0.39 is 5.97 Å². The molecule has 52 valence electrons. The molecule has 0 saturated carbocycles. The van der Waals surface area contributed by atoms with Gasteiger partial charge in [-0.3, -0.25) is 5.41 Å². The summed E-state index contributed by atoms with van der Waals surface area (Å²) in [5, 5.41) is 5.17. The Kier molecular flexibility index (Phi) is 4.13. The molecule has 2 N–H and O–H groups in total. The minimum absolute atomic E-state index is 0.153. The van der Waals surface area contributed by atoms with Crippen LogP contribution in [0.2, 0.25) is 0 Å². The van der Waals surface area contributed by atoms with Gasteiger partial charge in [0.2, 0.25) is 0 Å². The quantitative estimate of drug-likeness (QED) is 0.296. The van der Waals surface area contributed by atoms with Crippen LogP contribution in [0.15, 0.2) is 0 Å². The second-order valence-corrected chi connectivity index (χ2v) is 1.72. The highest BCUT2D eigenvalue weighted by Gasteiger charge is 2.12. The van der Waals surface area contributed by atoms with Gasteiger partial charge in [0.05, 0.1) is 12.4 Å². The van der Waals surface area contributed by atoms with E-state index in [1.54, 1.807) is 6.92 Å². The monoisotopic (exact) mass is 148 g/mol. The van der Waals surface area contributed by atoms with Crippen molar-refractivity contribution in [2.24, 2.45) is 0 Å². The lowest BCUT2D eigenvalue weighted by molar-refractivity contribution is -0.152. The molecule has 0 fully saturated rings. The summed E-state index contributed by atoms with van der Waals surface area (Å²) in [6.07, 6.45) is 0. The molecule has 0 rings (SSSR count). The van der Waals surface area contributed by atoms with Crippen LogP contribution in [0, 0.1) is 0 Å². The zero-order valence-corrected chi connectivity index (χ0v) is 6.15. The van der Waals surface area contributed by atoms with Crippen molar-refractivity contribution in [3.63, 3.8) is 0 Å². The molecule has 0 aliphatic rings. The van der Waals surface area contributed by atoms with Crippen LogP contribution in [0.5, 0.6) is 0 Å². The molecule has 0 atom stereocenters. The number of rotatable bonds is 3. The fourth-order valence-corrected chi connectivity index (χ4v) is 0.417. The lowest BCUT2D eigenvalue weighted by Gasteiger charge is -1.94. The van der Waals surface area contributed by atoms with Gasteiger partial charge in [0.1, 0.15) is 0 Å². The van der Waals surface area contributed by atoms with Gasteiger partial charge in [-0.2, -0.15) is 12.6 Å². The Morgan fingerprint density at radius 1 is 1.78 bits per heavy atom. The maximum atomic E-state index is 10.5. The first-order valence-electron chi connectivity index (χ1n) is 2.61. The number of nitrogens with two attached hydrogens (primary N) is 1. The average molecular weight is 148 g/mol. The van der Waals surface area contributed by atoms with Gasteiger partial charge < -0.3 is 4.74 Å². The fraction of sp³-hybridized carbons (Fsp3) is 0.600. The van der Waals surface area contributed by atoms with Crippen LogP contribution in [-0.2, 0) is 9.53 Å². The number of esters is 1. The molecule has 3 nitrogen and oxygen atoms in total. The molecule has 4 heteroatoms. The highest BCUT2D eigenvalue weighted by molar-refractivity contribution is 7.81. The topological polar surface area (TPSA) is 51.9 Å². The van der Waals surface area contributed by atoms with E-state index >= 15 is 0 Å². The molecule has 0 aromatic heterocycles. The van der Waals surface area contributed by atoms with E-state index in [-0.39, 0.29) is 11.5 Å². The van der Waals surface area contributed by atoms with E-state index in [1.165, 1.54) is 0 Å². The van der Waals surface area contributed by atoms with Crippen molar-refractivity contribution < 1.29 is 14.9 Å². The summed E-state index contributed by atoms with van der Waals surface area (Å²) in [7, 11) is 0. The van der Waals surface area contributed by atoms with Crippen LogP contribution < -0.4 is 5.41 Å². The first kappa shape index (κ1) is 8.49. The van der Waals surface area contributed by atoms with E-state index in [0.29, 0.717) is 6.61 Å². The van der Waals surface area contributed by atoms with E-state index in [4.69, 9.17) is 5.41 Å². The first-order valence-corrected chi connectivity index (χ1v) is 3.24. The van der Waals surface area contributed by atoms with Crippen LogP contribution >= 0.6 is 12.6 Å². The van der Waals surface area contributed by atoms with Crippen molar-refractivity contribution in [2.75, 3.05) is 12.4 Å². The third-order valence-corrected chi connectivity index (χ3v) is 1.05. The SMILES string of the molecule is CCOC(=O)C(=[NH2+])CS. The molecule has 0 heterocycles.